The molecule has 0 amide bonds. The largest absolute Gasteiger partial charge is 0.325 e. The summed E-state index contributed by atoms with van der Waals surface area (Å²) in [6.07, 6.45) is 5.79. The Kier molecular flexibility index (Phi) is 5.73. The average molecular weight is 291 g/mol. The van der Waals surface area contributed by atoms with Crippen LogP contribution in [0.2, 0.25) is 0 Å². The SMILES string of the molecule is C[N+]1(CCSSCC[N+]2(C)CCCC2)CCCC1. The summed E-state index contributed by atoms with van der Waals surface area (Å²) >= 11 is 0. The van der Waals surface area contributed by atoms with Crippen LogP contribution in [0.25, 0.3) is 0 Å². The fourth-order valence-electron chi connectivity index (χ4n) is 3.28. The number of hydrogen-bond donors (Lipinski definition) is 0. The zero-order valence-electron chi connectivity index (χ0n) is 12.2. The van der Waals surface area contributed by atoms with Crippen molar-refractivity contribution in [3.05, 3.63) is 0 Å². The molecule has 0 atom stereocenters. The van der Waals surface area contributed by atoms with Crippen LogP contribution in [0.5, 0.6) is 0 Å². The second-order valence-electron chi connectivity index (χ2n) is 6.64. The van der Waals surface area contributed by atoms with Gasteiger partial charge < -0.3 is 8.97 Å². The van der Waals surface area contributed by atoms with E-state index in [1.165, 1.54) is 85.4 Å². The predicted molar refractivity (Wildman–Crippen MR) is 85.0 cm³/mol. The Morgan fingerprint density at radius 1 is 0.667 bits per heavy atom. The second-order valence-corrected chi connectivity index (χ2v) is 9.34. The quantitative estimate of drug-likeness (QED) is 0.402. The van der Waals surface area contributed by atoms with Gasteiger partial charge in [-0.1, -0.05) is 21.6 Å². The molecule has 0 aromatic carbocycles. The third-order valence-corrected chi connectivity index (χ3v) is 7.17. The number of nitrogens with zero attached hydrogens (tertiary/aromatic N) is 2. The van der Waals surface area contributed by atoms with Crippen LogP contribution in [0.15, 0.2) is 0 Å². The summed E-state index contributed by atoms with van der Waals surface area (Å²) < 4.78 is 2.67. The van der Waals surface area contributed by atoms with Gasteiger partial charge in [-0.05, 0) is 0 Å². The minimum atomic E-state index is 1.33. The van der Waals surface area contributed by atoms with Crippen LogP contribution in [0.3, 0.4) is 0 Å². The highest BCUT2D eigenvalue weighted by Crippen LogP contribution is 2.26. The topological polar surface area (TPSA) is 0 Å². The molecule has 2 aliphatic rings. The number of quaternary nitrogens is 2. The Bertz CT molecular complexity index is 220. The molecule has 0 aliphatic carbocycles. The van der Waals surface area contributed by atoms with E-state index in [1.807, 2.05) is 0 Å². The van der Waals surface area contributed by atoms with Crippen molar-refractivity contribution >= 4 is 21.6 Å². The third-order valence-electron chi connectivity index (χ3n) is 4.80. The molecule has 0 aromatic rings. The van der Waals surface area contributed by atoms with Crippen LogP contribution in [0.1, 0.15) is 25.7 Å². The van der Waals surface area contributed by atoms with Crippen molar-refractivity contribution in [2.75, 3.05) is 64.9 Å². The van der Waals surface area contributed by atoms with Gasteiger partial charge in [0.1, 0.15) is 0 Å². The van der Waals surface area contributed by atoms with E-state index in [0.717, 1.165) is 0 Å². The van der Waals surface area contributed by atoms with E-state index in [9.17, 15) is 0 Å². The molecule has 2 aliphatic heterocycles. The van der Waals surface area contributed by atoms with Crippen molar-refractivity contribution in [2.24, 2.45) is 0 Å². The van der Waals surface area contributed by atoms with E-state index in [4.69, 9.17) is 0 Å². The summed E-state index contributed by atoms with van der Waals surface area (Å²) in [5, 5.41) is 0. The van der Waals surface area contributed by atoms with Crippen LogP contribution in [-0.2, 0) is 0 Å². The Hall–Kier alpha value is 0.620. The molecule has 2 fully saturated rings. The summed E-state index contributed by atoms with van der Waals surface area (Å²) in [5.74, 6) is 2.68. The number of hydrogen-bond acceptors (Lipinski definition) is 2. The van der Waals surface area contributed by atoms with Gasteiger partial charge in [0.15, 0.2) is 0 Å². The van der Waals surface area contributed by atoms with E-state index in [-0.39, 0.29) is 0 Å². The number of rotatable bonds is 7. The van der Waals surface area contributed by atoms with Crippen molar-refractivity contribution in [1.82, 2.24) is 0 Å². The van der Waals surface area contributed by atoms with Gasteiger partial charge in [-0.25, -0.2) is 0 Å². The molecule has 0 saturated carbocycles. The lowest BCUT2D eigenvalue weighted by Gasteiger charge is -2.29. The maximum absolute atomic E-state index is 2.44. The Balaban J connectivity index is 1.48. The summed E-state index contributed by atoms with van der Waals surface area (Å²) in [4.78, 5) is 0. The lowest BCUT2D eigenvalue weighted by molar-refractivity contribution is -0.895. The Morgan fingerprint density at radius 2 is 1.00 bits per heavy atom. The van der Waals surface area contributed by atoms with Gasteiger partial charge >= 0.3 is 0 Å². The maximum atomic E-state index is 2.44. The van der Waals surface area contributed by atoms with Crippen molar-refractivity contribution in [3.63, 3.8) is 0 Å². The van der Waals surface area contributed by atoms with E-state index >= 15 is 0 Å². The summed E-state index contributed by atoms with van der Waals surface area (Å²) in [7, 11) is 9.10. The van der Waals surface area contributed by atoms with Crippen molar-refractivity contribution in [3.8, 4) is 0 Å². The summed E-state index contributed by atoms with van der Waals surface area (Å²) in [6.45, 7) is 8.42. The molecule has 0 bridgehead atoms. The molecule has 106 valence electrons. The molecule has 0 aromatic heterocycles. The molecule has 0 spiro atoms. The van der Waals surface area contributed by atoms with E-state index in [0.29, 0.717) is 0 Å². The normalized spacial score (nSPS) is 25.7. The molecule has 2 saturated heterocycles. The first-order valence-corrected chi connectivity index (χ1v) is 10.0. The van der Waals surface area contributed by atoms with Crippen LogP contribution in [-0.4, -0.2) is 73.8 Å². The molecule has 2 nitrogen and oxygen atoms in total. The highest BCUT2D eigenvalue weighted by Gasteiger charge is 2.27. The Labute approximate surface area is 121 Å². The molecule has 18 heavy (non-hydrogen) atoms. The molecular formula is C14H30N2S2+2. The first kappa shape index (κ1) is 15.0. The van der Waals surface area contributed by atoms with Crippen molar-refractivity contribution < 1.29 is 8.97 Å². The molecule has 0 N–H and O–H groups in total. The van der Waals surface area contributed by atoms with Gasteiger partial charge in [0, 0.05) is 25.7 Å². The fraction of sp³-hybridized carbons (Fsp3) is 1.00. The summed E-state index contributed by atoms with van der Waals surface area (Å²) in [6, 6.07) is 0. The van der Waals surface area contributed by atoms with Gasteiger partial charge in [-0.15, -0.1) is 0 Å². The molecule has 0 unspecified atom stereocenters. The highest BCUT2D eigenvalue weighted by atomic mass is 33.1. The lowest BCUT2D eigenvalue weighted by atomic mass is 10.4. The van der Waals surface area contributed by atoms with E-state index in [2.05, 4.69) is 35.7 Å². The Morgan fingerprint density at radius 3 is 1.33 bits per heavy atom. The standard InChI is InChI=1S/C14H30N2S2/c1-15(7-3-4-8-15)11-13-17-18-14-12-16(2)9-5-6-10-16/h3-14H2,1-2H3/q+2. The lowest BCUT2D eigenvalue weighted by Crippen LogP contribution is -2.42. The van der Waals surface area contributed by atoms with Gasteiger partial charge in [-0.2, -0.15) is 0 Å². The minimum absolute atomic E-state index is 1.33. The van der Waals surface area contributed by atoms with Crippen molar-refractivity contribution in [2.45, 2.75) is 25.7 Å². The third kappa shape index (κ3) is 4.62. The van der Waals surface area contributed by atoms with Gasteiger partial charge in [0.25, 0.3) is 0 Å². The molecule has 4 heteroatoms. The molecule has 2 rings (SSSR count). The van der Waals surface area contributed by atoms with Gasteiger partial charge in [-0.3, -0.25) is 0 Å². The predicted octanol–water partition coefficient (Wildman–Crippen LogP) is 2.85. The monoisotopic (exact) mass is 290 g/mol. The highest BCUT2D eigenvalue weighted by molar-refractivity contribution is 8.76. The minimum Gasteiger partial charge on any atom is -0.325 e. The van der Waals surface area contributed by atoms with Gasteiger partial charge in [0.05, 0.1) is 64.9 Å². The average Bonchev–Trinajstić information content (AvgIpc) is 2.94. The first-order chi connectivity index (χ1) is 8.62. The molecule has 2 heterocycles. The second kappa shape index (κ2) is 6.87. The van der Waals surface area contributed by atoms with Crippen LogP contribution < -0.4 is 0 Å². The number of likely N-dealkylation sites (tertiary alicyclic amines) is 2. The first-order valence-electron chi connectivity index (χ1n) is 7.54. The summed E-state index contributed by atoms with van der Waals surface area (Å²) in [5.41, 5.74) is 0. The zero-order chi connectivity index (χ0) is 12.9. The van der Waals surface area contributed by atoms with Gasteiger partial charge in [0.2, 0.25) is 0 Å². The molecule has 0 radical (unpaired) electrons. The fourth-order valence-corrected chi connectivity index (χ4v) is 5.70. The van der Waals surface area contributed by atoms with E-state index in [1.54, 1.807) is 0 Å². The van der Waals surface area contributed by atoms with E-state index < -0.39 is 0 Å². The van der Waals surface area contributed by atoms with Crippen LogP contribution >= 0.6 is 21.6 Å². The van der Waals surface area contributed by atoms with Crippen LogP contribution in [0, 0.1) is 0 Å². The maximum Gasteiger partial charge on any atom is 0.0885 e. The van der Waals surface area contributed by atoms with Crippen LogP contribution in [0.4, 0.5) is 0 Å². The van der Waals surface area contributed by atoms with Crippen molar-refractivity contribution in [1.29, 1.82) is 0 Å². The molecular weight excluding hydrogens is 260 g/mol. The smallest absolute Gasteiger partial charge is 0.0885 e. The zero-order valence-corrected chi connectivity index (χ0v) is 13.8.